The molecule has 0 spiro atoms. The zero-order valence-corrected chi connectivity index (χ0v) is 19.3. The first-order valence-corrected chi connectivity index (χ1v) is 12.6. The van der Waals surface area contributed by atoms with E-state index in [9.17, 15) is 13.2 Å². The van der Waals surface area contributed by atoms with Crippen molar-refractivity contribution in [3.8, 4) is 17.0 Å². The minimum atomic E-state index is -3.53. The second kappa shape index (κ2) is 9.91. The van der Waals surface area contributed by atoms with Gasteiger partial charge in [-0.1, -0.05) is 30.3 Å². The number of hydrogen-bond donors (Lipinski definition) is 0. The van der Waals surface area contributed by atoms with Crippen LogP contribution in [0, 0.1) is 6.92 Å². The van der Waals surface area contributed by atoms with Crippen molar-refractivity contribution < 1.29 is 22.7 Å². The minimum absolute atomic E-state index is 0.00609. The van der Waals surface area contributed by atoms with Gasteiger partial charge in [-0.25, -0.2) is 13.4 Å². The Bertz CT molecular complexity index is 1180. The van der Waals surface area contributed by atoms with Crippen molar-refractivity contribution in [2.75, 3.05) is 32.9 Å². The molecule has 0 amide bonds. The molecule has 1 fully saturated rings. The third kappa shape index (κ3) is 5.24. The van der Waals surface area contributed by atoms with Gasteiger partial charge in [0.2, 0.25) is 10.0 Å². The molecule has 9 heteroatoms. The average Bonchev–Trinajstić information content (AvgIpc) is 3.27. The number of carbonyl (C=O) groups excluding carboxylic acids is 1. The van der Waals surface area contributed by atoms with Gasteiger partial charge in [-0.2, -0.15) is 4.31 Å². The Balaban J connectivity index is 1.38. The lowest BCUT2D eigenvalue weighted by Gasteiger charge is -2.26. The monoisotopic (exact) mass is 472 g/mol. The van der Waals surface area contributed by atoms with Crippen LogP contribution in [-0.4, -0.2) is 56.4 Å². The third-order valence-electron chi connectivity index (χ3n) is 5.14. The highest BCUT2D eigenvalue weighted by molar-refractivity contribution is 7.89. The van der Waals surface area contributed by atoms with Gasteiger partial charge in [0.05, 0.1) is 30.2 Å². The Morgan fingerprint density at radius 2 is 1.84 bits per heavy atom. The molecule has 0 N–H and O–H groups in total. The van der Waals surface area contributed by atoms with Crippen LogP contribution in [0.5, 0.6) is 5.75 Å². The largest absolute Gasteiger partial charge is 0.486 e. The van der Waals surface area contributed by atoms with Crippen LogP contribution in [0.25, 0.3) is 11.3 Å². The number of rotatable bonds is 8. The van der Waals surface area contributed by atoms with Crippen LogP contribution in [0.2, 0.25) is 0 Å². The lowest BCUT2D eigenvalue weighted by molar-refractivity contribution is -0.120. The molecule has 0 radical (unpaired) electrons. The first-order valence-electron chi connectivity index (χ1n) is 10.3. The van der Waals surface area contributed by atoms with E-state index in [0.717, 1.165) is 11.1 Å². The highest BCUT2D eigenvalue weighted by atomic mass is 32.2. The smallest absolute Gasteiger partial charge is 0.243 e. The van der Waals surface area contributed by atoms with Gasteiger partial charge in [0.25, 0.3) is 0 Å². The number of para-hydroxylation sites is 1. The van der Waals surface area contributed by atoms with Gasteiger partial charge in [0, 0.05) is 24.0 Å². The summed E-state index contributed by atoms with van der Waals surface area (Å²) in [7, 11) is -3.53. The summed E-state index contributed by atoms with van der Waals surface area (Å²) in [6, 6.07) is 14.3. The number of sulfonamides is 1. The van der Waals surface area contributed by atoms with E-state index in [-0.39, 0.29) is 23.7 Å². The maximum Gasteiger partial charge on any atom is 0.243 e. The van der Waals surface area contributed by atoms with Crippen molar-refractivity contribution in [1.29, 1.82) is 0 Å². The molecule has 1 aliphatic heterocycles. The summed E-state index contributed by atoms with van der Waals surface area (Å²) in [5.41, 5.74) is 2.50. The van der Waals surface area contributed by atoms with E-state index >= 15 is 0 Å². The second-order valence-electron chi connectivity index (χ2n) is 7.44. The molecule has 32 heavy (non-hydrogen) atoms. The number of aryl methyl sites for hydroxylation is 1. The summed E-state index contributed by atoms with van der Waals surface area (Å²) in [6.45, 7) is 3.47. The molecular weight excluding hydrogens is 448 g/mol. The number of morpholine rings is 1. The highest BCUT2D eigenvalue weighted by Crippen LogP contribution is 2.25. The van der Waals surface area contributed by atoms with Gasteiger partial charge in [-0.3, -0.25) is 4.79 Å². The summed E-state index contributed by atoms with van der Waals surface area (Å²) >= 11 is 1.40. The zero-order chi connectivity index (χ0) is 22.6. The van der Waals surface area contributed by atoms with Gasteiger partial charge < -0.3 is 9.47 Å². The number of nitrogens with zero attached hydrogens (tertiary/aromatic N) is 2. The molecule has 168 valence electrons. The molecule has 7 nitrogen and oxygen atoms in total. The van der Waals surface area contributed by atoms with Gasteiger partial charge in [0.15, 0.2) is 5.78 Å². The molecule has 0 unspecified atom stereocenters. The van der Waals surface area contributed by atoms with E-state index in [1.807, 2.05) is 36.6 Å². The lowest BCUT2D eigenvalue weighted by Crippen LogP contribution is -2.40. The van der Waals surface area contributed by atoms with E-state index < -0.39 is 10.0 Å². The first kappa shape index (κ1) is 22.6. The third-order valence-corrected chi connectivity index (χ3v) is 7.90. The standard InChI is InChI=1S/C23H24N2O5S2/c1-17-4-2-3-5-22(17)30-15-19(26)14-23-24-21(16-31-23)18-6-8-20(9-7-18)32(27,28)25-10-12-29-13-11-25/h2-9,16H,10-15H2,1H3. The van der Waals surface area contributed by atoms with Crippen molar-refractivity contribution in [1.82, 2.24) is 9.29 Å². The van der Waals surface area contributed by atoms with E-state index in [0.29, 0.717) is 42.8 Å². The predicted molar refractivity (Wildman–Crippen MR) is 123 cm³/mol. The fourth-order valence-corrected chi connectivity index (χ4v) is 5.59. The predicted octanol–water partition coefficient (Wildman–Crippen LogP) is 3.33. The number of ether oxygens (including phenoxy) is 2. The SMILES string of the molecule is Cc1ccccc1OCC(=O)Cc1nc(-c2ccc(S(=O)(=O)N3CCOCC3)cc2)cs1. The van der Waals surface area contributed by atoms with Crippen molar-refractivity contribution >= 4 is 27.1 Å². The molecule has 0 saturated carbocycles. The summed E-state index contributed by atoms with van der Waals surface area (Å²) in [5, 5.41) is 2.57. The number of Topliss-reactive ketones (excluding diaryl/α,β-unsaturated/α-hetero) is 1. The normalized spacial score (nSPS) is 14.9. The highest BCUT2D eigenvalue weighted by Gasteiger charge is 2.26. The molecule has 4 rings (SSSR count). The van der Waals surface area contributed by atoms with Crippen LogP contribution in [0.3, 0.4) is 0 Å². The van der Waals surface area contributed by atoms with Crippen LogP contribution in [0.15, 0.2) is 58.8 Å². The van der Waals surface area contributed by atoms with Crippen molar-refractivity contribution in [3.05, 3.63) is 64.5 Å². The van der Waals surface area contributed by atoms with Crippen molar-refractivity contribution in [2.45, 2.75) is 18.2 Å². The molecule has 2 aromatic carbocycles. The molecule has 1 saturated heterocycles. The van der Waals surface area contributed by atoms with Crippen molar-refractivity contribution in [3.63, 3.8) is 0 Å². The molecular formula is C23H24N2O5S2. The fourth-order valence-electron chi connectivity index (χ4n) is 3.35. The van der Waals surface area contributed by atoms with Gasteiger partial charge in [-0.15, -0.1) is 11.3 Å². The molecule has 0 aliphatic carbocycles. The summed E-state index contributed by atoms with van der Waals surface area (Å²) in [6.07, 6.45) is 0.194. The maximum absolute atomic E-state index is 12.8. The number of aromatic nitrogens is 1. The summed E-state index contributed by atoms with van der Waals surface area (Å²) in [4.78, 5) is 17.1. The maximum atomic E-state index is 12.8. The van der Waals surface area contributed by atoms with E-state index in [4.69, 9.17) is 9.47 Å². The van der Waals surface area contributed by atoms with E-state index in [1.54, 1.807) is 24.3 Å². The van der Waals surface area contributed by atoms with Gasteiger partial charge in [0.1, 0.15) is 17.4 Å². The Kier molecular flexibility index (Phi) is 7.00. The Morgan fingerprint density at radius 1 is 1.12 bits per heavy atom. The van der Waals surface area contributed by atoms with Crippen LogP contribution in [0.1, 0.15) is 10.6 Å². The minimum Gasteiger partial charge on any atom is -0.486 e. The Morgan fingerprint density at radius 3 is 2.56 bits per heavy atom. The quantitative estimate of drug-likeness (QED) is 0.500. The molecule has 3 aromatic rings. The number of benzene rings is 2. The summed E-state index contributed by atoms with van der Waals surface area (Å²) in [5.74, 6) is 0.647. The second-order valence-corrected chi connectivity index (χ2v) is 10.3. The molecule has 1 aromatic heterocycles. The molecule has 1 aliphatic rings. The fraction of sp³-hybridized carbons (Fsp3) is 0.304. The van der Waals surface area contributed by atoms with E-state index in [1.165, 1.54) is 15.6 Å². The number of thiazole rings is 1. The topological polar surface area (TPSA) is 85.8 Å². The van der Waals surface area contributed by atoms with Crippen LogP contribution >= 0.6 is 11.3 Å². The Hall–Kier alpha value is -2.59. The number of hydrogen-bond acceptors (Lipinski definition) is 7. The number of carbonyl (C=O) groups is 1. The van der Waals surface area contributed by atoms with E-state index in [2.05, 4.69) is 4.98 Å². The zero-order valence-electron chi connectivity index (χ0n) is 17.7. The molecule has 2 heterocycles. The average molecular weight is 473 g/mol. The Labute approximate surface area is 191 Å². The van der Waals surface area contributed by atoms with Gasteiger partial charge in [-0.05, 0) is 30.7 Å². The molecule has 0 atom stereocenters. The first-order chi connectivity index (χ1) is 15.4. The van der Waals surface area contributed by atoms with Crippen LogP contribution in [-0.2, 0) is 26.0 Å². The van der Waals surface area contributed by atoms with Crippen molar-refractivity contribution in [2.24, 2.45) is 0 Å². The van der Waals surface area contributed by atoms with Gasteiger partial charge >= 0.3 is 0 Å². The molecule has 0 bridgehead atoms. The summed E-state index contributed by atoms with van der Waals surface area (Å²) < 4.78 is 37.8. The lowest BCUT2D eigenvalue weighted by atomic mass is 10.2. The van der Waals surface area contributed by atoms with Crippen LogP contribution in [0.4, 0.5) is 0 Å². The number of ketones is 1. The van der Waals surface area contributed by atoms with Crippen LogP contribution < -0.4 is 4.74 Å².